The molecule has 4 nitrogen and oxygen atoms in total. The first kappa shape index (κ1) is 18.4. The predicted molar refractivity (Wildman–Crippen MR) is 105 cm³/mol. The van der Waals surface area contributed by atoms with E-state index < -0.39 is 11.6 Å². The summed E-state index contributed by atoms with van der Waals surface area (Å²) in [6.45, 7) is 6.33. The first-order valence-electron chi connectivity index (χ1n) is 10.8. The van der Waals surface area contributed by atoms with E-state index in [2.05, 4.69) is 19.6 Å². The second-order valence-electron chi connectivity index (χ2n) is 10.2. The molecule has 0 aromatic heterocycles. The Hall–Kier alpha value is -1.68. The number of fused-ring (bicyclic) bond motifs is 7. The Labute approximate surface area is 166 Å². The van der Waals surface area contributed by atoms with Gasteiger partial charge in [0.2, 0.25) is 0 Å². The zero-order valence-electron chi connectivity index (χ0n) is 16.5. The van der Waals surface area contributed by atoms with Crippen LogP contribution in [0.15, 0.2) is 36.5 Å². The van der Waals surface area contributed by atoms with Crippen LogP contribution in [0.5, 0.6) is 0 Å². The molecule has 0 amide bonds. The van der Waals surface area contributed by atoms with Crippen LogP contribution in [0.2, 0.25) is 0 Å². The minimum atomic E-state index is -1.02. The zero-order valence-corrected chi connectivity index (χ0v) is 16.5. The molecular formula is C24H30O4. The van der Waals surface area contributed by atoms with Crippen molar-refractivity contribution in [1.29, 1.82) is 0 Å². The number of allylic oxidation sites excluding steroid dienone is 2. The molecule has 4 saturated carbocycles. The molecule has 4 fully saturated rings. The Morgan fingerprint density at radius 1 is 1.32 bits per heavy atom. The first-order chi connectivity index (χ1) is 13.3. The molecule has 9 atom stereocenters. The van der Waals surface area contributed by atoms with Gasteiger partial charge in [0.15, 0.2) is 5.78 Å². The van der Waals surface area contributed by atoms with E-state index in [1.54, 1.807) is 6.08 Å². The number of aliphatic hydroxyl groups is 1. The molecule has 0 aromatic carbocycles. The molecule has 0 unspecified atom stereocenters. The maximum atomic E-state index is 12.0. The van der Waals surface area contributed by atoms with Gasteiger partial charge in [0.05, 0.1) is 5.60 Å². The number of carbonyl (C=O) groups is 2. The normalized spacial score (nSPS) is 51.6. The lowest BCUT2D eigenvalue weighted by atomic mass is 9.47. The largest absolute Gasteiger partial charge is 0.478 e. The summed E-state index contributed by atoms with van der Waals surface area (Å²) in [5.74, 6) is 2.24. The SMILES string of the molecule is C=C[C@H]1CC2=CC(=O)CC[C@@H]2[C@H]2CC[C@@]3(C)[C@@H]([C@@H]4C[C@@H]4[C@@]3(O)/C=C\C(=O)O)[C@@H]21. The van der Waals surface area contributed by atoms with Crippen LogP contribution in [0.25, 0.3) is 0 Å². The van der Waals surface area contributed by atoms with E-state index in [0.717, 1.165) is 38.2 Å². The summed E-state index contributed by atoms with van der Waals surface area (Å²) in [5.41, 5.74) is 0.0360. The summed E-state index contributed by atoms with van der Waals surface area (Å²) in [7, 11) is 0. The Kier molecular flexibility index (Phi) is 3.88. The molecule has 0 saturated heterocycles. The van der Waals surface area contributed by atoms with Gasteiger partial charge in [-0.3, -0.25) is 4.79 Å². The lowest BCUT2D eigenvalue weighted by Gasteiger charge is -2.58. The molecule has 5 aliphatic carbocycles. The van der Waals surface area contributed by atoms with Crippen LogP contribution < -0.4 is 0 Å². The third kappa shape index (κ3) is 2.27. The van der Waals surface area contributed by atoms with Crippen molar-refractivity contribution >= 4 is 11.8 Å². The van der Waals surface area contributed by atoms with Crippen LogP contribution in [-0.4, -0.2) is 27.6 Å². The summed E-state index contributed by atoms with van der Waals surface area (Å²) in [6.07, 6.45) is 12.3. The van der Waals surface area contributed by atoms with Crippen molar-refractivity contribution in [3.63, 3.8) is 0 Å². The van der Waals surface area contributed by atoms with Gasteiger partial charge in [0.25, 0.3) is 0 Å². The van der Waals surface area contributed by atoms with Crippen LogP contribution >= 0.6 is 0 Å². The van der Waals surface area contributed by atoms with Crippen LogP contribution in [0.3, 0.4) is 0 Å². The van der Waals surface area contributed by atoms with Crippen molar-refractivity contribution in [3.05, 3.63) is 36.5 Å². The van der Waals surface area contributed by atoms with E-state index in [-0.39, 0.29) is 17.1 Å². The Balaban J connectivity index is 1.54. The second kappa shape index (κ2) is 5.91. The fourth-order valence-electron chi connectivity index (χ4n) is 8.07. The highest BCUT2D eigenvalue weighted by atomic mass is 16.4. The third-order valence-corrected chi connectivity index (χ3v) is 9.21. The van der Waals surface area contributed by atoms with Crippen LogP contribution in [0.1, 0.15) is 45.4 Å². The summed E-state index contributed by atoms with van der Waals surface area (Å²) in [5, 5.41) is 20.8. The van der Waals surface area contributed by atoms with E-state index in [0.29, 0.717) is 41.9 Å². The fraction of sp³-hybridized carbons (Fsp3) is 0.667. The molecule has 0 spiro atoms. The van der Waals surface area contributed by atoms with Gasteiger partial charge in [0, 0.05) is 17.9 Å². The average Bonchev–Trinajstić information content (AvgIpc) is 3.42. The molecule has 28 heavy (non-hydrogen) atoms. The molecule has 0 heterocycles. The summed E-state index contributed by atoms with van der Waals surface area (Å²) < 4.78 is 0. The van der Waals surface area contributed by atoms with Crippen LogP contribution in [0.4, 0.5) is 0 Å². The maximum Gasteiger partial charge on any atom is 0.328 e. The third-order valence-electron chi connectivity index (χ3n) is 9.21. The second-order valence-corrected chi connectivity index (χ2v) is 10.2. The van der Waals surface area contributed by atoms with Gasteiger partial charge < -0.3 is 10.2 Å². The van der Waals surface area contributed by atoms with Gasteiger partial charge in [-0.2, -0.15) is 0 Å². The van der Waals surface area contributed by atoms with Crippen molar-refractivity contribution in [2.45, 2.75) is 51.0 Å². The molecule has 0 aromatic rings. The first-order valence-corrected chi connectivity index (χ1v) is 10.8. The van der Waals surface area contributed by atoms with Gasteiger partial charge >= 0.3 is 5.97 Å². The van der Waals surface area contributed by atoms with E-state index in [4.69, 9.17) is 5.11 Å². The minimum Gasteiger partial charge on any atom is -0.478 e. The Morgan fingerprint density at radius 3 is 2.82 bits per heavy atom. The highest BCUT2D eigenvalue weighted by Crippen LogP contribution is 2.76. The molecular weight excluding hydrogens is 352 g/mol. The molecule has 5 aliphatic rings. The monoisotopic (exact) mass is 382 g/mol. The van der Waals surface area contributed by atoms with Crippen molar-refractivity contribution in [1.82, 2.24) is 0 Å². The topological polar surface area (TPSA) is 74.6 Å². The number of hydrogen-bond donors (Lipinski definition) is 2. The van der Waals surface area contributed by atoms with Crippen LogP contribution in [0, 0.1) is 46.8 Å². The number of carbonyl (C=O) groups excluding carboxylic acids is 1. The van der Waals surface area contributed by atoms with Gasteiger partial charge in [-0.25, -0.2) is 4.79 Å². The van der Waals surface area contributed by atoms with Gasteiger partial charge in [-0.1, -0.05) is 18.6 Å². The van der Waals surface area contributed by atoms with Crippen molar-refractivity contribution in [2.24, 2.45) is 46.8 Å². The highest BCUT2D eigenvalue weighted by molar-refractivity contribution is 5.91. The molecule has 4 heteroatoms. The molecule has 2 N–H and O–H groups in total. The van der Waals surface area contributed by atoms with E-state index >= 15 is 0 Å². The zero-order chi connectivity index (χ0) is 19.8. The average molecular weight is 383 g/mol. The number of ketones is 1. The van der Waals surface area contributed by atoms with Gasteiger partial charge in [-0.15, -0.1) is 6.58 Å². The van der Waals surface area contributed by atoms with E-state index in [1.165, 1.54) is 5.57 Å². The van der Waals surface area contributed by atoms with Crippen molar-refractivity contribution in [3.8, 4) is 0 Å². The number of hydrogen-bond acceptors (Lipinski definition) is 3. The lowest BCUT2D eigenvalue weighted by molar-refractivity contribution is -0.133. The number of aliphatic carboxylic acids is 1. The molecule has 0 aliphatic heterocycles. The molecule has 150 valence electrons. The summed E-state index contributed by atoms with van der Waals surface area (Å²) in [6, 6.07) is 0. The Bertz CT molecular complexity index is 809. The van der Waals surface area contributed by atoms with E-state index in [1.807, 2.05) is 6.08 Å². The number of carboxylic acids is 1. The summed E-state index contributed by atoms with van der Waals surface area (Å²) >= 11 is 0. The quantitative estimate of drug-likeness (QED) is 0.576. The lowest BCUT2D eigenvalue weighted by Crippen LogP contribution is -2.56. The van der Waals surface area contributed by atoms with Gasteiger partial charge in [0.1, 0.15) is 0 Å². The summed E-state index contributed by atoms with van der Waals surface area (Å²) in [4.78, 5) is 23.1. The molecule has 0 bridgehead atoms. The Morgan fingerprint density at radius 2 is 2.11 bits per heavy atom. The predicted octanol–water partition coefficient (Wildman–Crippen LogP) is 3.77. The minimum absolute atomic E-state index is 0.187. The number of carboxylic acid groups (broad SMARTS) is 1. The van der Waals surface area contributed by atoms with Crippen LogP contribution in [-0.2, 0) is 9.59 Å². The highest BCUT2D eigenvalue weighted by Gasteiger charge is 2.75. The van der Waals surface area contributed by atoms with Gasteiger partial charge in [-0.05, 0) is 85.7 Å². The maximum absolute atomic E-state index is 12.0. The standard InChI is InChI=1S/C24H30O4/c1-3-13-10-14-11-15(25)4-5-16(14)17-6-8-23(2)22(21(13)17)18-12-19(18)24(23,28)9-7-20(26)27/h3,7,9,11,13,16-19,21-22,28H,1,4-6,8,10,12H2,2H3,(H,26,27)/b9-7-/t13-,16-,17+,18+,19-,21+,22-,23-,24-/m0/s1. The van der Waals surface area contributed by atoms with Crippen molar-refractivity contribution < 1.29 is 19.8 Å². The smallest absolute Gasteiger partial charge is 0.328 e. The fourth-order valence-corrected chi connectivity index (χ4v) is 8.07. The van der Waals surface area contributed by atoms with Crippen molar-refractivity contribution in [2.75, 3.05) is 0 Å². The van der Waals surface area contributed by atoms with E-state index in [9.17, 15) is 14.7 Å². The number of rotatable bonds is 3. The molecule has 5 rings (SSSR count). The molecule has 0 radical (unpaired) electrons.